The molecule has 0 amide bonds. The molecule has 0 bridgehead atoms. The van der Waals surface area contributed by atoms with Crippen molar-refractivity contribution in [3.63, 3.8) is 0 Å². The highest BCUT2D eigenvalue weighted by atomic mass is 16.6. The lowest BCUT2D eigenvalue weighted by Crippen LogP contribution is -2.52. The fraction of sp³-hybridized carbons (Fsp3) is 0.625. The molecule has 4 aliphatic carbocycles. The topological polar surface area (TPSA) is 84.2 Å². The van der Waals surface area contributed by atoms with Crippen LogP contribution < -0.4 is 19.6 Å². The zero-order valence-corrected chi connectivity index (χ0v) is 34.4. The molecule has 3 saturated carbocycles. The van der Waals surface area contributed by atoms with Gasteiger partial charge in [-0.3, -0.25) is 4.79 Å². The van der Waals surface area contributed by atoms with Crippen LogP contribution in [0.25, 0.3) is 11.0 Å². The number of hydrogen-bond acceptors (Lipinski definition) is 7. The minimum Gasteiger partial charge on any atom is -0.494 e. The van der Waals surface area contributed by atoms with Gasteiger partial charge in [0.1, 0.15) is 34.7 Å². The summed E-state index contributed by atoms with van der Waals surface area (Å²) in [4.78, 5) is 26.4. The predicted molar refractivity (Wildman–Crippen MR) is 218 cm³/mol. The first-order valence-corrected chi connectivity index (χ1v) is 21.4. The standard InChI is InChI=1S/C48H64O7/c1-8-51-35-14-16-36(17-15-35)55-46-32(5)53-43-27-37(18-20-40(43)45(46)50)52-29-44(49)54-38-22-25-48(7)34(26-38)13-19-39-41-21-12-33(31(4)11-9-10-30(2)3)28-47(41,6)24-23-42(39)48/h13-18,20,27,30-31,33,38-39,41-42H,8-12,19,21-26,28-29H2,1-7H3/t31-,33+,38+,39-,41+,42-,47-,48+/m0/s1. The van der Waals surface area contributed by atoms with E-state index in [4.69, 9.17) is 23.4 Å². The number of esters is 1. The third-order valence-corrected chi connectivity index (χ3v) is 14.4. The molecule has 3 fully saturated rings. The fourth-order valence-electron chi connectivity index (χ4n) is 11.3. The molecule has 4 aliphatic rings. The first kappa shape index (κ1) is 39.5. The van der Waals surface area contributed by atoms with Crippen molar-refractivity contribution in [1.82, 2.24) is 0 Å². The molecule has 0 saturated heterocycles. The maximum atomic E-state index is 13.3. The van der Waals surface area contributed by atoms with E-state index in [1.807, 2.05) is 6.92 Å². The van der Waals surface area contributed by atoms with Crippen LogP contribution in [0, 0.1) is 53.3 Å². The van der Waals surface area contributed by atoms with E-state index in [1.165, 1.54) is 63.4 Å². The van der Waals surface area contributed by atoms with Crippen molar-refractivity contribution in [1.29, 1.82) is 0 Å². The van der Waals surface area contributed by atoms with Crippen molar-refractivity contribution >= 4 is 16.9 Å². The van der Waals surface area contributed by atoms with Gasteiger partial charge >= 0.3 is 5.97 Å². The molecule has 7 nitrogen and oxygen atoms in total. The van der Waals surface area contributed by atoms with Crippen LogP contribution in [0.15, 0.2) is 63.3 Å². The Morgan fingerprint density at radius 3 is 2.44 bits per heavy atom. The van der Waals surface area contributed by atoms with Gasteiger partial charge in [-0.2, -0.15) is 0 Å². The number of benzene rings is 2. The minimum absolute atomic E-state index is 0.125. The molecule has 0 N–H and O–H groups in total. The molecular formula is C48H64O7. The summed E-state index contributed by atoms with van der Waals surface area (Å²) in [6.07, 6.45) is 17.5. The molecular weight excluding hydrogens is 689 g/mol. The normalized spacial score (nSPS) is 29.4. The molecule has 1 heterocycles. The molecule has 55 heavy (non-hydrogen) atoms. The van der Waals surface area contributed by atoms with Crippen molar-refractivity contribution in [2.24, 2.45) is 46.3 Å². The van der Waals surface area contributed by atoms with Crippen molar-refractivity contribution in [2.75, 3.05) is 13.2 Å². The van der Waals surface area contributed by atoms with Crippen molar-refractivity contribution in [2.45, 2.75) is 132 Å². The molecule has 0 unspecified atom stereocenters. The van der Waals surface area contributed by atoms with Gasteiger partial charge in [-0.05, 0) is 148 Å². The molecule has 1 aromatic heterocycles. The Hall–Kier alpha value is -3.74. The maximum Gasteiger partial charge on any atom is 0.344 e. The second kappa shape index (κ2) is 16.4. The van der Waals surface area contributed by atoms with Crippen LogP contribution in [0.1, 0.15) is 124 Å². The molecule has 7 rings (SSSR count). The van der Waals surface area contributed by atoms with E-state index >= 15 is 0 Å². The average molecular weight is 753 g/mol. The van der Waals surface area contributed by atoms with Crippen LogP contribution in [-0.2, 0) is 9.53 Å². The van der Waals surface area contributed by atoms with E-state index in [0.29, 0.717) is 40.3 Å². The third-order valence-electron chi connectivity index (χ3n) is 14.4. The largest absolute Gasteiger partial charge is 0.494 e. The SMILES string of the molecule is CCOc1ccc(Oc2c(C)oc3cc(OCC(=O)O[C@@H]4CC[C@]5(C)C(=CC[C@H]6[C@H]7CC[C@@H]([C@@H](C)CCCC(C)C)C[C@]7(C)CC[C@@H]65)C4)ccc3c2=O)cc1. The lowest BCUT2D eigenvalue weighted by atomic mass is 9.44. The number of carbonyl (C=O) groups is 1. The van der Waals surface area contributed by atoms with Crippen LogP contribution in [0.5, 0.6) is 23.0 Å². The minimum atomic E-state index is -0.372. The molecule has 8 atom stereocenters. The molecule has 0 spiro atoms. The maximum absolute atomic E-state index is 13.3. The van der Waals surface area contributed by atoms with Crippen LogP contribution in [0.4, 0.5) is 0 Å². The smallest absolute Gasteiger partial charge is 0.344 e. The summed E-state index contributed by atoms with van der Waals surface area (Å²) >= 11 is 0. The highest BCUT2D eigenvalue weighted by Crippen LogP contribution is 2.65. The Bertz CT molecular complexity index is 1910. The predicted octanol–water partition coefficient (Wildman–Crippen LogP) is 12.0. The number of hydrogen-bond donors (Lipinski definition) is 0. The zero-order chi connectivity index (χ0) is 38.9. The summed E-state index contributed by atoms with van der Waals surface area (Å²) in [6, 6.07) is 12.1. The zero-order valence-electron chi connectivity index (χ0n) is 34.4. The number of ether oxygens (including phenoxy) is 4. The molecule has 2 aromatic carbocycles. The highest BCUT2D eigenvalue weighted by molar-refractivity contribution is 5.80. The number of allylic oxidation sites excluding steroid dienone is 1. The number of aryl methyl sites for hydroxylation is 1. The third kappa shape index (κ3) is 8.37. The van der Waals surface area contributed by atoms with Gasteiger partial charge in [-0.15, -0.1) is 0 Å². The monoisotopic (exact) mass is 752 g/mol. The summed E-state index contributed by atoms with van der Waals surface area (Å²) in [7, 11) is 0. The molecule has 3 aromatic rings. The van der Waals surface area contributed by atoms with E-state index in [9.17, 15) is 9.59 Å². The summed E-state index contributed by atoms with van der Waals surface area (Å²) in [5, 5.41) is 0.368. The Balaban J connectivity index is 0.925. The van der Waals surface area contributed by atoms with Crippen molar-refractivity contribution in [3.05, 3.63) is 70.1 Å². The molecule has 0 radical (unpaired) electrons. The van der Waals surface area contributed by atoms with Crippen molar-refractivity contribution < 1.29 is 28.2 Å². The highest BCUT2D eigenvalue weighted by Gasteiger charge is 2.56. The number of fused-ring (bicyclic) bond motifs is 6. The van der Waals surface area contributed by atoms with Crippen LogP contribution in [-0.4, -0.2) is 25.3 Å². The second-order valence-corrected chi connectivity index (χ2v) is 18.4. The summed E-state index contributed by atoms with van der Waals surface area (Å²) in [5.41, 5.74) is 2.29. The van der Waals surface area contributed by atoms with E-state index in [1.54, 1.807) is 49.4 Å². The van der Waals surface area contributed by atoms with E-state index in [2.05, 4.69) is 40.7 Å². The molecule has 298 valence electrons. The van der Waals surface area contributed by atoms with Gasteiger partial charge in [0.25, 0.3) is 0 Å². The molecule has 7 heteroatoms. The van der Waals surface area contributed by atoms with Crippen LogP contribution in [0.2, 0.25) is 0 Å². The van der Waals surface area contributed by atoms with Gasteiger partial charge in [0.05, 0.1) is 12.0 Å². The Morgan fingerprint density at radius 1 is 0.909 bits per heavy atom. The quantitative estimate of drug-likeness (QED) is 0.127. The van der Waals surface area contributed by atoms with Crippen LogP contribution in [0.3, 0.4) is 0 Å². The summed E-state index contributed by atoms with van der Waals surface area (Å²) in [5.74, 6) is 6.67. The van der Waals surface area contributed by atoms with Crippen molar-refractivity contribution in [3.8, 4) is 23.0 Å². The van der Waals surface area contributed by atoms with Gasteiger partial charge in [0.2, 0.25) is 11.2 Å². The van der Waals surface area contributed by atoms with E-state index in [0.717, 1.165) is 60.5 Å². The second-order valence-electron chi connectivity index (χ2n) is 18.4. The Morgan fingerprint density at radius 2 is 1.67 bits per heavy atom. The van der Waals surface area contributed by atoms with Gasteiger partial charge in [-0.1, -0.05) is 65.5 Å². The Labute approximate surface area is 328 Å². The van der Waals surface area contributed by atoms with E-state index in [-0.39, 0.29) is 35.3 Å². The lowest BCUT2D eigenvalue weighted by Gasteiger charge is -2.61. The van der Waals surface area contributed by atoms with Crippen LogP contribution >= 0.6 is 0 Å². The molecule has 0 aliphatic heterocycles. The Kier molecular flexibility index (Phi) is 11.8. The van der Waals surface area contributed by atoms with Gasteiger partial charge in [0, 0.05) is 12.5 Å². The summed E-state index contributed by atoms with van der Waals surface area (Å²) in [6.45, 7) is 16.4. The van der Waals surface area contributed by atoms with Gasteiger partial charge in [0.15, 0.2) is 6.61 Å². The summed E-state index contributed by atoms with van der Waals surface area (Å²) < 4.78 is 29.3. The van der Waals surface area contributed by atoms with E-state index < -0.39 is 0 Å². The number of rotatable bonds is 13. The first-order valence-electron chi connectivity index (χ1n) is 21.4. The first-order chi connectivity index (χ1) is 26.4. The fourth-order valence-corrected chi connectivity index (χ4v) is 11.3. The van der Waals surface area contributed by atoms with Gasteiger partial charge in [-0.25, -0.2) is 4.79 Å². The average Bonchev–Trinajstić information content (AvgIpc) is 3.15. The van der Waals surface area contributed by atoms with Gasteiger partial charge < -0.3 is 23.4 Å². The number of carbonyl (C=O) groups excluding carboxylic acids is 1. The lowest BCUT2D eigenvalue weighted by molar-refractivity contribution is -0.154.